The highest BCUT2D eigenvalue weighted by molar-refractivity contribution is 7.89. The number of hydrogen-bond acceptors (Lipinski definition) is 8. The second-order valence-electron chi connectivity index (χ2n) is 10.4. The lowest BCUT2D eigenvalue weighted by molar-refractivity contribution is -0.134. The predicted octanol–water partition coefficient (Wildman–Crippen LogP) is 2.11. The summed E-state index contributed by atoms with van der Waals surface area (Å²) in [6.45, 7) is 6.84. The van der Waals surface area contributed by atoms with Crippen molar-refractivity contribution in [3.63, 3.8) is 0 Å². The van der Waals surface area contributed by atoms with Crippen LogP contribution in [0.1, 0.15) is 43.7 Å². The van der Waals surface area contributed by atoms with Crippen LogP contribution >= 0.6 is 0 Å². The summed E-state index contributed by atoms with van der Waals surface area (Å²) in [5.74, 6) is 0.160. The van der Waals surface area contributed by atoms with Gasteiger partial charge in [0.05, 0.1) is 25.6 Å². The molecule has 11 nitrogen and oxygen atoms in total. The highest BCUT2D eigenvalue weighted by Gasteiger charge is 2.35. The van der Waals surface area contributed by atoms with Crippen molar-refractivity contribution in [3.8, 4) is 5.75 Å². The van der Waals surface area contributed by atoms with Gasteiger partial charge in [0.1, 0.15) is 22.4 Å². The number of anilines is 1. The molecule has 12 heteroatoms. The molecule has 1 aliphatic carbocycles. The normalized spacial score (nSPS) is 21.2. The Balaban J connectivity index is 1.66. The molecule has 2 aliphatic rings. The quantitative estimate of drug-likeness (QED) is 0.511. The van der Waals surface area contributed by atoms with E-state index < -0.39 is 22.2 Å². The van der Waals surface area contributed by atoms with Crippen LogP contribution in [-0.4, -0.2) is 78.6 Å². The first-order valence-electron chi connectivity index (χ1n) is 12.8. The zero-order chi connectivity index (χ0) is 27.8. The Morgan fingerprint density at radius 2 is 2.03 bits per heavy atom. The predicted molar refractivity (Wildman–Crippen MR) is 139 cm³/mol. The standard InChI is InChI=1S/C26H36N4O7S/c1-15-12-30(16(2)14-31)24(32)11-20-10-21(27-26(33)19-6-7-19)8-9-22(20)36-23(15)13-29(5)38(34,35)25-17(3)28-37-18(25)4/h8-10,15-16,19,23,31H,6-7,11-14H2,1-5H3,(H,27,33)/t15-,16+,23+/m0/s1. The van der Waals surface area contributed by atoms with E-state index in [-0.39, 0.29) is 66.1 Å². The van der Waals surface area contributed by atoms with E-state index in [1.807, 2.05) is 6.92 Å². The summed E-state index contributed by atoms with van der Waals surface area (Å²) in [5, 5.41) is 16.5. The average molecular weight is 549 g/mol. The lowest BCUT2D eigenvalue weighted by Crippen LogP contribution is -2.48. The number of rotatable bonds is 8. The number of aliphatic hydroxyl groups is 1. The zero-order valence-corrected chi connectivity index (χ0v) is 23.2. The maximum atomic E-state index is 13.4. The maximum Gasteiger partial charge on any atom is 0.248 e. The van der Waals surface area contributed by atoms with Crippen LogP contribution < -0.4 is 10.1 Å². The fourth-order valence-corrected chi connectivity index (χ4v) is 6.13. The lowest BCUT2D eigenvalue weighted by Gasteiger charge is -2.33. The van der Waals surface area contributed by atoms with Gasteiger partial charge in [0.15, 0.2) is 5.76 Å². The van der Waals surface area contributed by atoms with E-state index in [0.717, 1.165) is 12.8 Å². The van der Waals surface area contributed by atoms with E-state index in [4.69, 9.17) is 9.26 Å². The van der Waals surface area contributed by atoms with Crippen LogP contribution in [0.4, 0.5) is 5.69 Å². The van der Waals surface area contributed by atoms with E-state index in [9.17, 15) is 23.1 Å². The fourth-order valence-electron chi connectivity index (χ4n) is 4.67. The number of carbonyl (C=O) groups excluding carboxylic acids is 2. The Bertz CT molecular complexity index is 1290. The van der Waals surface area contributed by atoms with Crippen LogP contribution in [0.2, 0.25) is 0 Å². The first-order valence-corrected chi connectivity index (χ1v) is 14.3. The Hall–Kier alpha value is -2.96. The van der Waals surface area contributed by atoms with Gasteiger partial charge in [-0.1, -0.05) is 12.1 Å². The van der Waals surface area contributed by atoms with E-state index in [1.54, 1.807) is 43.9 Å². The van der Waals surface area contributed by atoms with Gasteiger partial charge in [-0.2, -0.15) is 4.31 Å². The van der Waals surface area contributed by atoms with Gasteiger partial charge in [-0.15, -0.1) is 0 Å². The Morgan fingerprint density at radius 3 is 2.63 bits per heavy atom. The molecule has 38 heavy (non-hydrogen) atoms. The molecular weight excluding hydrogens is 512 g/mol. The minimum absolute atomic E-state index is 0.00268. The van der Waals surface area contributed by atoms with Gasteiger partial charge in [0.2, 0.25) is 21.8 Å². The van der Waals surface area contributed by atoms with Gasteiger partial charge < -0.3 is 24.6 Å². The first-order chi connectivity index (χ1) is 17.9. The number of aromatic nitrogens is 1. The molecule has 4 rings (SSSR count). The molecule has 2 N–H and O–H groups in total. The molecule has 2 heterocycles. The highest BCUT2D eigenvalue weighted by Crippen LogP contribution is 2.33. The van der Waals surface area contributed by atoms with Crippen molar-refractivity contribution < 1.29 is 32.4 Å². The van der Waals surface area contributed by atoms with E-state index >= 15 is 0 Å². The molecular formula is C26H36N4O7S. The lowest BCUT2D eigenvalue weighted by atomic mass is 10.0. The third-order valence-corrected chi connectivity index (χ3v) is 9.27. The molecule has 1 saturated carbocycles. The number of nitrogens with zero attached hydrogens (tertiary/aromatic N) is 3. The molecule has 1 fully saturated rings. The molecule has 0 bridgehead atoms. The number of fused-ring (bicyclic) bond motifs is 1. The van der Waals surface area contributed by atoms with Crippen molar-refractivity contribution in [2.24, 2.45) is 11.8 Å². The van der Waals surface area contributed by atoms with Crippen molar-refractivity contribution in [1.29, 1.82) is 0 Å². The molecule has 3 atom stereocenters. The number of ether oxygens (including phenoxy) is 1. The largest absolute Gasteiger partial charge is 0.488 e. The summed E-state index contributed by atoms with van der Waals surface area (Å²) >= 11 is 0. The number of amides is 2. The Kier molecular flexibility index (Phi) is 8.15. The van der Waals surface area contributed by atoms with E-state index in [1.165, 1.54) is 11.4 Å². The zero-order valence-electron chi connectivity index (χ0n) is 22.4. The molecule has 1 aromatic carbocycles. The summed E-state index contributed by atoms with van der Waals surface area (Å²) in [7, 11) is -2.45. The number of nitrogens with one attached hydrogen (secondary N) is 1. The minimum Gasteiger partial charge on any atom is -0.488 e. The minimum atomic E-state index is -3.93. The molecule has 2 amide bonds. The Labute approximate surface area is 223 Å². The van der Waals surface area contributed by atoms with Gasteiger partial charge >= 0.3 is 0 Å². The van der Waals surface area contributed by atoms with Crippen molar-refractivity contribution >= 4 is 27.5 Å². The van der Waals surface area contributed by atoms with Crippen LogP contribution in [0.5, 0.6) is 5.75 Å². The topological polar surface area (TPSA) is 142 Å². The number of aliphatic hydroxyl groups excluding tert-OH is 1. The van der Waals surface area contributed by atoms with Crippen LogP contribution in [-0.2, 0) is 26.0 Å². The van der Waals surface area contributed by atoms with Crippen molar-refractivity contribution in [3.05, 3.63) is 35.2 Å². The number of benzene rings is 1. The number of hydrogen-bond donors (Lipinski definition) is 2. The fraction of sp³-hybridized carbons (Fsp3) is 0.577. The van der Waals surface area contributed by atoms with E-state index in [2.05, 4.69) is 10.5 Å². The van der Waals surface area contributed by atoms with Crippen LogP contribution in [0.15, 0.2) is 27.6 Å². The average Bonchev–Trinajstić information content (AvgIpc) is 3.65. The first kappa shape index (κ1) is 28.1. The monoisotopic (exact) mass is 548 g/mol. The summed E-state index contributed by atoms with van der Waals surface area (Å²) in [5.41, 5.74) is 1.42. The van der Waals surface area contributed by atoms with Gasteiger partial charge in [0, 0.05) is 36.7 Å². The molecule has 2 aromatic rings. The maximum absolute atomic E-state index is 13.4. The van der Waals surface area contributed by atoms with Crippen LogP contribution in [0.3, 0.4) is 0 Å². The molecule has 1 aliphatic heterocycles. The van der Waals surface area contributed by atoms with Gasteiger partial charge in [-0.3, -0.25) is 9.59 Å². The Morgan fingerprint density at radius 1 is 1.32 bits per heavy atom. The summed E-state index contributed by atoms with van der Waals surface area (Å²) in [6, 6.07) is 4.72. The molecule has 1 aromatic heterocycles. The molecule has 0 unspecified atom stereocenters. The smallest absolute Gasteiger partial charge is 0.248 e. The van der Waals surface area contributed by atoms with Crippen molar-refractivity contribution in [1.82, 2.24) is 14.4 Å². The number of sulfonamides is 1. The molecule has 0 spiro atoms. The summed E-state index contributed by atoms with van der Waals surface area (Å²) in [4.78, 5) is 27.3. The van der Waals surface area contributed by atoms with Gasteiger partial charge in [-0.05, 0) is 51.8 Å². The molecule has 208 valence electrons. The number of likely N-dealkylation sites (N-methyl/N-ethyl adjacent to an activating group) is 1. The molecule has 0 radical (unpaired) electrons. The van der Waals surface area contributed by atoms with E-state index in [0.29, 0.717) is 17.0 Å². The third-order valence-electron chi connectivity index (χ3n) is 7.21. The molecule has 0 saturated heterocycles. The van der Waals surface area contributed by atoms with Crippen LogP contribution in [0.25, 0.3) is 0 Å². The highest BCUT2D eigenvalue weighted by atomic mass is 32.2. The number of carbonyl (C=O) groups is 2. The third kappa shape index (κ3) is 5.87. The van der Waals surface area contributed by atoms with Gasteiger partial charge in [-0.25, -0.2) is 8.42 Å². The van der Waals surface area contributed by atoms with Crippen molar-refractivity contribution in [2.45, 2.75) is 64.0 Å². The number of aryl methyl sites for hydroxylation is 2. The second-order valence-corrected chi connectivity index (χ2v) is 12.4. The van der Waals surface area contributed by atoms with Gasteiger partial charge in [0.25, 0.3) is 0 Å². The second kappa shape index (κ2) is 11.0. The van der Waals surface area contributed by atoms with Crippen LogP contribution in [0, 0.1) is 25.7 Å². The van der Waals surface area contributed by atoms with Crippen molar-refractivity contribution in [2.75, 3.05) is 32.1 Å². The SMILES string of the molecule is Cc1noc(C)c1S(=O)(=O)N(C)C[C@H]1Oc2ccc(NC(=O)C3CC3)cc2CC(=O)N([C@H](C)CO)C[C@@H]1C. The summed E-state index contributed by atoms with van der Waals surface area (Å²) in [6.07, 6.45) is 1.13. The summed E-state index contributed by atoms with van der Waals surface area (Å²) < 4.78 is 39.5.